The molecular weight excluding hydrogens is 202 g/mol. The van der Waals surface area contributed by atoms with Gasteiger partial charge in [-0.1, -0.05) is 0 Å². The van der Waals surface area contributed by atoms with Crippen molar-refractivity contribution in [3.05, 3.63) is 18.3 Å². The molecule has 4 heteroatoms. The van der Waals surface area contributed by atoms with Crippen LogP contribution >= 0.6 is 0 Å². The van der Waals surface area contributed by atoms with Crippen LogP contribution < -0.4 is 10.6 Å². The molecule has 16 heavy (non-hydrogen) atoms. The minimum atomic E-state index is 0.639. The normalized spacial score (nSPS) is 20.4. The maximum atomic E-state index is 5.45. The molecule has 1 aromatic rings. The molecule has 0 aromatic carbocycles. The molecule has 1 atom stereocenters. The molecular formula is C12H19N3O. The van der Waals surface area contributed by atoms with Gasteiger partial charge < -0.3 is 15.4 Å². The fraction of sp³-hybridized carbons (Fsp3) is 0.583. The number of pyridine rings is 1. The van der Waals surface area contributed by atoms with Gasteiger partial charge in [0.05, 0.1) is 6.61 Å². The highest BCUT2D eigenvalue weighted by Crippen LogP contribution is 2.16. The molecule has 1 fully saturated rings. The van der Waals surface area contributed by atoms with Crippen LogP contribution in [0.3, 0.4) is 0 Å². The Balaban J connectivity index is 1.83. The van der Waals surface area contributed by atoms with Gasteiger partial charge >= 0.3 is 0 Å². The van der Waals surface area contributed by atoms with Crippen molar-refractivity contribution in [2.75, 3.05) is 37.4 Å². The second-order valence-corrected chi connectivity index (χ2v) is 4.14. The molecule has 1 unspecified atom stereocenters. The Kier molecular flexibility index (Phi) is 3.99. The average Bonchev–Trinajstić information content (AvgIpc) is 2.38. The first kappa shape index (κ1) is 11.2. The average molecular weight is 221 g/mol. The van der Waals surface area contributed by atoms with Crippen molar-refractivity contribution < 1.29 is 4.74 Å². The van der Waals surface area contributed by atoms with E-state index in [9.17, 15) is 0 Å². The number of hydrogen-bond donors (Lipinski definition) is 2. The fourth-order valence-electron chi connectivity index (χ4n) is 1.91. The first-order valence-electron chi connectivity index (χ1n) is 5.84. The third kappa shape index (κ3) is 3.10. The summed E-state index contributed by atoms with van der Waals surface area (Å²) in [5.74, 6) is 1.53. The van der Waals surface area contributed by atoms with Crippen LogP contribution in [0, 0.1) is 5.92 Å². The Morgan fingerprint density at radius 1 is 1.56 bits per heavy atom. The highest BCUT2D eigenvalue weighted by molar-refractivity contribution is 5.51. The van der Waals surface area contributed by atoms with E-state index < -0.39 is 0 Å². The zero-order valence-electron chi connectivity index (χ0n) is 9.70. The highest BCUT2D eigenvalue weighted by Gasteiger charge is 2.13. The maximum Gasteiger partial charge on any atom is 0.127 e. The molecule has 2 N–H and O–H groups in total. The predicted octanol–water partition coefficient (Wildman–Crippen LogP) is 1.96. The smallest absolute Gasteiger partial charge is 0.127 e. The third-order valence-electron chi connectivity index (χ3n) is 2.87. The van der Waals surface area contributed by atoms with Gasteiger partial charge in [-0.25, -0.2) is 4.98 Å². The first-order chi connectivity index (χ1) is 7.88. The monoisotopic (exact) mass is 221 g/mol. The summed E-state index contributed by atoms with van der Waals surface area (Å²) >= 11 is 0. The Morgan fingerprint density at radius 2 is 2.50 bits per heavy atom. The van der Waals surface area contributed by atoms with E-state index in [-0.39, 0.29) is 0 Å². The first-order valence-corrected chi connectivity index (χ1v) is 5.84. The molecule has 1 aliphatic heterocycles. The van der Waals surface area contributed by atoms with E-state index in [1.807, 2.05) is 25.4 Å². The number of anilines is 2. The lowest BCUT2D eigenvalue weighted by Gasteiger charge is -2.22. The minimum absolute atomic E-state index is 0.639. The van der Waals surface area contributed by atoms with Crippen LogP contribution in [-0.2, 0) is 4.74 Å². The lowest BCUT2D eigenvalue weighted by atomic mass is 10.0. The molecule has 2 rings (SSSR count). The van der Waals surface area contributed by atoms with Crippen LogP contribution in [0.2, 0.25) is 0 Å². The van der Waals surface area contributed by atoms with Gasteiger partial charge in [0.15, 0.2) is 0 Å². The number of ether oxygens (including phenoxy) is 1. The highest BCUT2D eigenvalue weighted by atomic mass is 16.5. The molecule has 0 bridgehead atoms. The molecule has 0 radical (unpaired) electrons. The standard InChI is InChI=1S/C12H19N3O/c1-13-12-7-11(4-5-14-12)15-8-10-3-2-6-16-9-10/h4-5,7,10H,2-3,6,8-9H2,1H3,(H2,13,14,15). The Bertz CT molecular complexity index is 324. The van der Waals surface area contributed by atoms with Gasteiger partial charge in [0.2, 0.25) is 0 Å². The van der Waals surface area contributed by atoms with Gasteiger partial charge in [-0.3, -0.25) is 0 Å². The van der Waals surface area contributed by atoms with Crippen LogP contribution in [0.25, 0.3) is 0 Å². The van der Waals surface area contributed by atoms with Gasteiger partial charge in [-0.2, -0.15) is 0 Å². The van der Waals surface area contributed by atoms with Gasteiger partial charge in [-0.15, -0.1) is 0 Å². The molecule has 1 aromatic heterocycles. The zero-order chi connectivity index (χ0) is 11.2. The molecule has 88 valence electrons. The van der Waals surface area contributed by atoms with Crippen molar-refractivity contribution in [1.82, 2.24) is 4.98 Å². The Hall–Kier alpha value is -1.29. The quantitative estimate of drug-likeness (QED) is 0.816. The molecule has 1 aliphatic rings. The number of rotatable bonds is 4. The molecule has 4 nitrogen and oxygen atoms in total. The van der Waals surface area contributed by atoms with Gasteiger partial charge in [-0.05, 0) is 24.8 Å². The summed E-state index contributed by atoms with van der Waals surface area (Å²) in [5, 5.41) is 6.46. The largest absolute Gasteiger partial charge is 0.385 e. The van der Waals surface area contributed by atoms with Crippen LogP contribution in [0.4, 0.5) is 11.5 Å². The van der Waals surface area contributed by atoms with E-state index in [0.717, 1.165) is 31.3 Å². The Morgan fingerprint density at radius 3 is 3.25 bits per heavy atom. The number of nitrogens with one attached hydrogen (secondary N) is 2. The molecule has 0 saturated carbocycles. The van der Waals surface area contributed by atoms with E-state index >= 15 is 0 Å². The molecule has 2 heterocycles. The van der Waals surface area contributed by atoms with Crippen LogP contribution in [0.5, 0.6) is 0 Å². The van der Waals surface area contributed by atoms with E-state index in [2.05, 4.69) is 15.6 Å². The molecule has 0 spiro atoms. The van der Waals surface area contributed by atoms with E-state index in [1.54, 1.807) is 0 Å². The number of aromatic nitrogens is 1. The predicted molar refractivity (Wildman–Crippen MR) is 65.8 cm³/mol. The van der Waals surface area contributed by atoms with E-state index in [1.165, 1.54) is 12.8 Å². The topological polar surface area (TPSA) is 46.2 Å². The van der Waals surface area contributed by atoms with E-state index in [0.29, 0.717) is 5.92 Å². The summed E-state index contributed by atoms with van der Waals surface area (Å²) in [7, 11) is 1.88. The Labute approximate surface area is 96.4 Å². The zero-order valence-corrected chi connectivity index (χ0v) is 9.70. The number of hydrogen-bond acceptors (Lipinski definition) is 4. The van der Waals surface area contributed by atoms with Gasteiger partial charge in [0, 0.05) is 38.1 Å². The van der Waals surface area contributed by atoms with Crippen molar-refractivity contribution in [3.8, 4) is 0 Å². The SMILES string of the molecule is CNc1cc(NCC2CCCOC2)ccn1. The minimum Gasteiger partial charge on any atom is -0.385 e. The molecule has 1 saturated heterocycles. The van der Waals surface area contributed by atoms with Gasteiger partial charge in [0.1, 0.15) is 5.82 Å². The second kappa shape index (κ2) is 5.70. The summed E-state index contributed by atoms with van der Waals surface area (Å²) in [6.07, 6.45) is 4.26. The van der Waals surface area contributed by atoms with E-state index in [4.69, 9.17) is 4.74 Å². The summed E-state index contributed by atoms with van der Waals surface area (Å²) in [4.78, 5) is 4.18. The third-order valence-corrected chi connectivity index (χ3v) is 2.87. The van der Waals surface area contributed by atoms with Crippen molar-refractivity contribution in [2.24, 2.45) is 5.92 Å². The summed E-state index contributed by atoms with van der Waals surface area (Å²) < 4.78 is 5.45. The van der Waals surface area contributed by atoms with Crippen LogP contribution in [0.1, 0.15) is 12.8 Å². The van der Waals surface area contributed by atoms with Crippen molar-refractivity contribution >= 4 is 11.5 Å². The lowest BCUT2D eigenvalue weighted by molar-refractivity contribution is 0.0595. The number of nitrogens with zero attached hydrogens (tertiary/aromatic N) is 1. The van der Waals surface area contributed by atoms with Crippen molar-refractivity contribution in [2.45, 2.75) is 12.8 Å². The van der Waals surface area contributed by atoms with Crippen LogP contribution in [-0.4, -0.2) is 31.8 Å². The lowest BCUT2D eigenvalue weighted by Crippen LogP contribution is -2.24. The summed E-state index contributed by atoms with van der Waals surface area (Å²) in [5.41, 5.74) is 1.12. The van der Waals surface area contributed by atoms with Crippen molar-refractivity contribution in [1.29, 1.82) is 0 Å². The van der Waals surface area contributed by atoms with Crippen LogP contribution in [0.15, 0.2) is 18.3 Å². The summed E-state index contributed by atoms with van der Waals surface area (Å²) in [6.45, 7) is 2.79. The second-order valence-electron chi connectivity index (χ2n) is 4.14. The molecule has 0 amide bonds. The van der Waals surface area contributed by atoms with Gasteiger partial charge in [0.25, 0.3) is 0 Å². The van der Waals surface area contributed by atoms with Crippen molar-refractivity contribution in [3.63, 3.8) is 0 Å². The summed E-state index contributed by atoms with van der Waals surface area (Å²) in [6, 6.07) is 4.01. The molecule has 0 aliphatic carbocycles. The maximum absolute atomic E-state index is 5.45. The fourth-order valence-corrected chi connectivity index (χ4v) is 1.91.